The van der Waals surface area contributed by atoms with Crippen molar-refractivity contribution in [1.29, 1.82) is 0 Å². The summed E-state index contributed by atoms with van der Waals surface area (Å²) in [4.78, 5) is 13.8. The minimum atomic E-state index is -0.796. The average molecular weight is 325 g/mol. The van der Waals surface area contributed by atoms with Gasteiger partial charge in [-0.3, -0.25) is 4.79 Å². The molecule has 7 heteroatoms. The van der Waals surface area contributed by atoms with Crippen LogP contribution in [0.5, 0.6) is 0 Å². The lowest BCUT2D eigenvalue weighted by molar-refractivity contribution is 0.0611. The molecule has 20 heavy (non-hydrogen) atoms. The summed E-state index contributed by atoms with van der Waals surface area (Å²) < 4.78 is 27.1. The molecule has 1 aliphatic rings. The van der Waals surface area contributed by atoms with Crippen molar-refractivity contribution in [3.63, 3.8) is 0 Å². The predicted molar refractivity (Wildman–Crippen MR) is 76.6 cm³/mol. The summed E-state index contributed by atoms with van der Waals surface area (Å²) in [5, 5.41) is 2.90. The molecule has 1 N–H and O–H groups in total. The van der Waals surface area contributed by atoms with Crippen LogP contribution in [0.2, 0.25) is 5.02 Å². The number of halogens is 4. The van der Waals surface area contributed by atoms with Gasteiger partial charge in [0, 0.05) is 25.2 Å². The highest BCUT2D eigenvalue weighted by molar-refractivity contribution is 6.30. The maximum Gasteiger partial charge on any atom is 0.257 e. The van der Waals surface area contributed by atoms with Gasteiger partial charge in [-0.2, -0.15) is 0 Å². The molecule has 1 amide bonds. The molecule has 0 radical (unpaired) electrons. The van der Waals surface area contributed by atoms with Crippen molar-refractivity contribution in [3.8, 4) is 0 Å². The van der Waals surface area contributed by atoms with Crippen LogP contribution >= 0.6 is 24.0 Å². The zero-order valence-electron chi connectivity index (χ0n) is 11.1. The van der Waals surface area contributed by atoms with Gasteiger partial charge in [-0.25, -0.2) is 8.78 Å². The van der Waals surface area contributed by atoms with E-state index >= 15 is 0 Å². The molecule has 0 aromatic heterocycles. The Morgan fingerprint density at radius 1 is 1.35 bits per heavy atom. The lowest BCUT2D eigenvalue weighted by Crippen LogP contribution is -2.56. The number of nitrogens with zero attached hydrogens (tertiary/aromatic N) is 1. The topological polar surface area (TPSA) is 32.3 Å². The van der Waals surface area contributed by atoms with Crippen LogP contribution in [-0.4, -0.2) is 36.0 Å². The molecule has 2 unspecified atom stereocenters. The van der Waals surface area contributed by atoms with E-state index in [1.165, 1.54) is 0 Å². The molecule has 0 spiro atoms. The minimum absolute atomic E-state index is 0. The number of amides is 1. The lowest BCUT2D eigenvalue weighted by Gasteiger charge is -2.37. The van der Waals surface area contributed by atoms with Crippen LogP contribution < -0.4 is 5.32 Å². The molecule has 0 saturated carbocycles. The van der Waals surface area contributed by atoms with E-state index in [-0.39, 0.29) is 35.1 Å². The Balaban J connectivity index is 0.00000200. The second-order valence-electron chi connectivity index (χ2n) is 4.86. The minimum Gasteiger partial charge on any atom is -0.333 e. The predicted octanol–water partition coefficient (Wildman–Crippen LogP) is 2.86. The third kappa shape index (κ3) is 3.40. The normalized spacial score (nSPS) is 22.4. The standard InChI is InChI=1S/C13H15ClF2N2O.ClH/c1-7-6-18(8(2)5-17-7)13(19)9-3-12(16)10(14)4-11(9)15;/h3-4,7-8,17H,5-6H2,1-2H3;1H. The van der Waals surface area contributed by atoms with Crippen molar-refractivity contribution >= 4 is 29.9 Å². The van der Waals surface area contributed by atoms with Crippen LogP contribution in [0.4, 0.5) is 8.78 Å². The molecule has 3 nitrogen and oxygen atoms in total. The van der Waals surface area contributed by atoms with Crippen LogP contribution in [-0.2, 0) is 0 Å². The molecule has 1 aromatic rings. The van der Waals surface area contributed by atoms with Gasteiger partial charge < -0.3 is 10.2 Å². The first-order chi connectivity index (χ1) is 8.90. The Morgan fingerprint density at radius 2 is 2.00 bits per heavy atom. The number of hydrogen-bond acceptors (Lipinski definition) is 2. The van der Waals surface area contributed by atoms with Gasteiger partial charge in [0.25, 0.3) is 5.91 Å². The second-order valence-corrected chi connectivity index (χ2v) is 5.27. The largest absolute Gasteiger partial charge is 0.333 e. The maximum atomic E-state index is 13.7. The Bertz CT molecular complexity index is 513. The summed E-state index contributed by atoms with van der Waals surface area (Å²) >= 11 is 5.48. The number of rotatable bonds is 1. The average Bonchev–Trinajstić information content (AvgIpc) is 2.36. The van der Waals surface area contributed by atoms with Crippen LogP contribution in [0.1, 0.15) is 24.2 Å². The fourth-order valence-electron chi connectivity index (χ4n) is 2.15. The summed E-state index contributed by atoms with van der Waals surface area (Å²) in [7, 11) is 0. The summed E-state index contributed by atoms with van der Waals surface area (Å²) in [6.07, 6.45) is 0. The highest BCUT2D eigenvalue weighted by atomic mass is 35.5. The van der Waals surface area contributed by atoms with E-state index in [1.54, 1.807) is 4.90 Å². The van der Waals surface area contributed by atoms with Crippen LogP contribution in [0, 0.1) is 11.6 Å². The third-order valence-electron chi connectivity index (χ3n) is 3.27. The summed E-state index contributed by atoms with van der Waals surface area (Å²) in [5.74, 6) is -2.09. The number of piperazine rings is 1. The summed E-state index contributed by atoms with van der Waals surface area (Å²) in [5.41, 5.74) is -0.275. The highest BCUT2D eigenvalue weighted by Crippen LogP contribution is 2.22. The zero-order valence-corrected chi connectivity index (χ0v) is 12.7. The third-order valence-corrected chi connectivity index (χ3v) is 3.56. The highest BCUT2D eigenvalue weighted by Gasteiger charge is 2.29. The van der Waals surface area contributed by atoms with E-state index in [0.29, 0.717) is 13.1 Å². The number of hydrogen-bond donors (Lipinski definition) is 1. The van der Waals surface area contributed by atoms with Crippen molar-refractivity contribution in [2.75, 3.05) is 13.1 Å². The lowest BCUT2D eigenvalue weighted by atomic mass is 10.1. The first-order valence-electron chi connectivity index (χ1n) is 6.09. The molecular weight excluding hydrogens is 309 g/mol. The number of carbonyl (C=O) groups excluding carboxylic acids is 1. The van der Waals surface area contributed by atoms with Crippen LogP contribution in [0.3, 0.4) is 0 Å². The van der Waals surface area contributed by atoms with E-state index in [9.17, 15) is 13.6 Å². The SMILES string of the molecule is CC1CN(C(=O)c2cc(F)c(Cl)cc2F)C(C)CN1.Cl. The molecule has 112 valence electrons. The van der Waals surface area contributed by atoms with E-state index in [1.807, 2.05) is 13.8 Å². The van der Waals surface area contributed by atoms with Gasteiger partial charge in [-0.15, -0.1) is 12.4 Å². The van der Waals surface area contributed by atoms with Gasteiger partial charge in [-0.05, 0) is 26.0 Å². The van der Waals surface area contributed by atoms with Gasteiger partial charge in [0.1, 0.15) is 11.6 Å². The van der Waals surface area contributed by atoms with Crippen molar-refractivity contribution in [3.05, 3.63) is 34.4 Å². The maximum absolute atomic E-state index is 13.7. The van der Waals surface area contributed by atoms with E-state index in [0.717, 1.165) is 12.1 Å². The molecule has 1 saturated heterocycles. The molecule has 1 aliphatic heterocycles. The van der Waals surface area contributed by atoms with Gasteiger partial charge >= 0.3 is 0 Å². The van der Waals surface area contributed by atoms with Crippen LogP contribution in [0.15, 0.2) is 12.1 Å². The Morgan fingerprint density at radius 3 is 2.65 bits per heavy atom. The zero-order chi connectivity index (χ0) is 14.2. The van der Waals surface area contributed by atoms with Gasteiger partial charge in [0.05, 0.1) is 10.6 Å². The second kappa shape index (κ2) is 6.70. The first-order valence-corrected chi connectivity index (χ1v) is 6.47. The molecular formula is C13H16Cl2F2N2O. The Hall–Kier alpha value is -0.910. The monoisotopic (exact) mass is 324 g/mol. The van der Waals surface area contributed by atoms with E-state index in [2.05, 4.69) is 5.32 Å². The quantitative estimate of drug-likeness (QED) is 0.806. The van der Waals surface area contributed by atoms with Crippen molar-refractivity contribution in [1.82, 2.24) is 10.2 Å². The summed E-state index contributed by atoms with van der Waals surface area (Å²) in [6, 6.07) is 1.75. The Labute approximate surface area is 127 Å². The molecule has 1 aromatic carbocycles. The fraction of sp³-hybridized carbons (Fsp3) is 0.462. The smallest absolute Gasteiger partial charge is 0.257 e. The van der Waals surface area contributed by atoms with Crippen LogP contribution in [0.25, 0.3) is 0 Å². The van der Waals surface area contributed by atoms with E-state index < -0.39 is 17.5 Å². The van der Waals surface area contributed by atoms with Gasteiger partial charge in [0.15, 0.2) is 0 Å². The molecule has 2 rings (SSSR count). The summed E-state index contributed by atoms with van der Waals surface area (Å²) in [6.45, 7) is 4.89. The molecule has 0 bridgehead atoms. The molecule has 1 heterocycles. The van der Waals surface area contributed by atoms with Gasteiger partial charge in [-0.1, -0.05) is 11.6 Å². The van der Waals surface area contributed by atoms with Crippen molar-refractivity contribution in [2.45, 2.75) is 25.9 Å². The van der Waals surface area contributed by atoms with Crippen molar-refractivity contribution < 1.29 is 13.6 Å². The molecule has 2 atom stereocenters. The first kappa shape index (κ1) is 17.1. The molecule has 0 aliphatic carbocycles. The molecule has 1 fully saturated rings. The van der Waals surface area contributed by atoms with Gasteiger partial charge in [0.2, 0.25) is 0 Å². The number of nitrogens with one attached hydrogen (secondary N) is 1. The Kier molecular flexibility index (Phi) is 5.74. The fourth-order valence-corrected chi connectivity index (χ4v) is 2.30. The van der Waals surface area contributed by atoms with Crippen molar-refractivity contribution in [2.24, 2.45) is 0 Å². The number of benzene rings is 1. The number of carbonyl (C=O) groups is 1. The van der Waals surface area contributed by atoms with E-state index in [4.69, 9.17) is 11.6 Å².